The summed E-state index contributed by atoms with van der Waals surface area (Å²) in [6.45, 7) is 3.98. The Bertz CT molecular complexity index is 745. The van der Waals surface area contributed by atoms with Crippen molar-refractivity contribution < 1.29 is 28.0 Å². The number of aromatic nitrogens is 2. The number of nitro groups is 1. The Morgan fingerprint density at radius 2 is 2.12 bits per heavy atom. The lowest BCUT2D eigenvalue weighted by Crippen LogP contribution is -2.57. The zero-order valence-electron chi connectivity index (χ0n) is 13.6. The number of amides is 1. The Hall–Kier alpha value is -2.50. The Balaban J connectivity index is 2.23. The van der Waals surface area contributed by atoms with E-state index in [4.69, 9.17) is 0 Å². The number of carbonyl (C=O) groups excluding carboxylic acids is 1. The molecule has 9 nitrogen and oxygen atoms in total. The van der Waals surface area contributed by atoms with Crippen LogP contribution in [0, 0.1) is 29.9 Å². The summed E-state index contributed by atoms with van der Waals surface area (Å²) >= 11 is 0. The minimum atomic E-state index is -5.07. The second-order valence-corrected chi connectivity index (χ2v) is 5.83. The summed E-state index contributed by atoms with van der Waals surface area (Å²) in [5.74, 6) is -2.12. The highest BCUT2D eigenvalue weighted by Gasteiger charge is 2.61. The van der Waals surface area contributed by atoms with E-state index in [1.807, 2.05) is 0 Å². The first-order chi connectivity index (χ1) is 11.4. The van der Waals surface area contributed by atoms with Crippen LogP contribution in [0.2, 0.25) is 0 Å². The molecular formula is C13H16F3N5O4. The molecule has 1 aliphatic rings. The van der Waals surface area contributed by atoms with Gasteiger partial charge in [-0.3, -0.25) is 19.6 Å². The molecule has 1 N–H and O–H groups in total. The molecule has 138 valence electrons. The number of alkyl halides is 3. The van der Waals surface area contributed by atoms with E-state index in [0.717, 1.165) is 6.21 Å². The van der Waals surface area contributed by atoms with Crippen LogP contribution in [-0.2, 0) is 11.3 Å². The van der Waals surface area contributed by atoms with E-state index in [1.165, 1.54) is 25.5 Å². The fourth-order valence-electron chi connectivity index (χ4n) is 2.58. The number of hydrogen-bond donors (Lipinski definition) is 1. The van der Waals surface area contributed by atoms with Gasteiger partial charge in [-0.05, 0) is 13.8 Å². The number of aryl methyl sites for hydroxylation is 1. The zero-order valence-corrected chi connectivity index (χ0v) is 13.6. The summed E-state index contributed by atoms with van der Waals surface area (Å²) in [5, 5.41) is 28.1. The molecule has 2 rings (SSSR count). The summed E-state index contributed by atoms with van der Waals surface area (Å²) in [4.78, 5) is 22.7. The predicted molar refractivity (Wildman–Crippen MR) is 78.5 cm³/mol. The van der Waals surface area contributed by atoms with Gasteiger partial charge in [0.15, 0.2) is 0 Å². The average molecular weight is 363 g/mol. The third kappa shape index (κ3) is 3.08. The van der Waals surface area contributed by atoms with Gasteiger partial charge < -0.3 is 5.11 Å². The molecule has 0 aromatic carbocycles. The van der Waals surface area contributed by atoms with Crippen LogP contribution in [-0.4, -0.2) is 48.8 Å². The van der Waals surface area contributed by atoms with E-state index in [0.29, 0.717) is 0 Å². The van der Waals surface area contributed by atoms with E-state index in [1.54, 1.807) is 0 Å². The fourth-order valence-corrected chi connectivity index (χ4v) is 2.58. The van der Waals surface area contributed by atoms with Crippen LogP contribution in [0.4, 0.5) is 18.9 Å². The van der Waals surface area contributed by atoms with E-state index < -0.39 is 35.1 Å². The molecule has 1 amide bonds. The monoisotopic (exact) mass is 363 g/mol. The molecule has 2 atom stereocenters. The SMILES string of the molecule is Cc1nn(C[C@H](C)C(=O)N2N=CC[C@@]2(O)C(F)(F)F)c(C)c1[N+](=O)[O-]. The van der Waals surface area contributed by atoms with Crippen LogP contribution >= 0.6 is 0 Å². The molecule has 0 unspecified atom stereocenters. The van der Waals surface area contributed by atoms with Crippen molar-refractivity contribution in [1.82, 2.24) is 14.8 Å². The molecule has 1 aromatic rings. The Labute approximate surface area is 139 Å². The number of hydrazone groups is 1. The molecule has 1 aromatic heterocycles. The highest BCUT2D eigenvalue weighted by molar-refractivity contribution is 5.82. The third-order valence-corrected chi connectivity index (χ3v) is 3.98. The summed E-state index contributed by atoms with van der Waals surface area (Å²) in [7, 11) is 0. The maximum atomic E-state index is 13.0. The van der Waals surface area contributed by atoms with Crippen molar-refractivity contribution in [3.63, 3.8) is 0 Å². The van der Waals surface area contributed by atoms with Gasteiger partial charge in [0, 0.05) is 12.6 Å². The third-order valence-electron chi connectivity index (χ3n) is 3.98. The van der Waals surface area contributed by atoms with Gasteiger partial charge in [0.1, 0.15) is 11.4 Å². The summed E-state index contributed by atoms with van der Waals surface area (Å²) in [6, 6.07) is 0. The van der Waals surface area contributed by atoms with Crippen molar-refractivity contribution >= 4 is 17.8 Å². The topological polar surface area (TPSA) is 114 Å². The van der Waals surface area contributed by atoms with E-state index >= 15 is 0 Å². The lowest BCUT2D eigenvalue weighted by molar-refractivity contribution is -0.386. The van der Waals surface area contributed by atoms with E-state index in [-0.39, 0.29) is 28.6 Å². The first-order valence-electron chi connectivity index (χ1n) is 7.24. The standard InChI is InChI=1S/C13H16F3N5O4/c1-7(6-19-9(3)10(21(24)25)8(2)18-19)11(22)20-12(23,4-5-17-20)13(14,15)16/h5,7,23H,4,6H2,1-3H3/t7-,12+/m0/s1. The number of halogens is 3. The van der Waals surface area contributed by atoms with Gasteiger partial charge in [0.2, 0.25) is 5.91 Å². The van der Waals surface area contributed by atoms with E-state index in [2.05, 4.69) is 10.2 Å². The van der Waals surface area contributed by atoms with Crippen LogP contribution in [0.15, 0.2) is 5.10 Å². The van der Waals surface area contributed by atoms with Crippen LogP contribution in [0.3, 0.4) is 0 Å². The molecule has 2 heterocycles. The van der Waals surface area contributed by atoms with Crippen LogP contribution in [0.1, 0.15) is 24.7 Å². The van der Waals surface area contributed by atoms with Gasteiger partial charge >= 0.3 is 11.9 Å². The van der Waals surface area contributed by atoms with Crippen molar-refractivity contribution in [2.24, 2.45) is 11.0 Å². The number of carbonyl (C=O) groups is 1. The molecule has 0 bridgehead atoms. The van der Waals surface area contributed by atoms with Crippen LogP contribution in [0.5, 0.6) is 0 Å². The average Bonchev–Trinajstić information content (AvgIpc) is 2.99. The molecule has 0 fully saturated rings. The van der Waals surface area contributed by atoms with Crippen LogP contribution < -0.4 is 0 Å². The normalized spacial score (nSPS) is 21.6. The zero-order chi connectivity index (χ0) is 19.2. The maximum absolute atomic E-state index is 13.0. The van der Waals surface area contributed by atoms with Crippen molar-refractivity contribution in [1.29, 1.82) is 0 Å². The van der Waals surface area contributed by atoms with Crippen molar-refractivity contribution in [3.8, 4) is 0 Å². The molecule has 1 aliphatic heterocycles. The molecule has 25 heavy (non-hydrogen) atoms. The van der Waals surface area contributed by atoms with Crippen molar-refractivity contribution in [3.05, 3.63) is 21.5 Å². The number of aliphatic hydroxyl groups is 1. The van der Waals surface area contributed by atoms with Gasteiger partial charge in [0.05, 0.1) is 17.4 Å². The first kappa shape index (κ1) is 18.8. The molecule has 0 aliphatic carbocycles. The second-order valence-electron chi connectivity index (χ2n) is 5.83. The number of hydrogen-bond acceptors (Lipinski definition) is 6. The smallest absolute Gasteiger partial charge is 0.362 e. The highest BCUT2D eigenvalue weighted by Crippen LogP contribution is 2.39. The maximum Gasteiger partial charge on any atom is 0.438 e. The van der Waals surface area contributed by atoms with Gasteiger partial charge in [-0.15, -0.1) is 0 Å². The predicted octanol–water partition coefficient (Wildman–Crippen LogP) is 1.51. The number of nitrogens with zero attached hydrogens (tertiary/aromatic N) is 5. The fraction of sp³-hybridized carbons (Fsp3) is 0.615. The molecule has 12 heteroatoms. The molecular weight excluding hydrogens is 347 g/mol. The molecule has 0 saturated heterocycles. The van der Waals surface area contributed by atoms with E-state index in [9.17, 15) is 33.2 Å². The van der Waals surface area contributed by atoms with Crippen molar-refractivity contribution in [2.75, 3.05) is 0 Å². The lowest BCUT2D eigenvalue weighted by Gasteiger charge is -2.33. The Kier molecular flexibility index (Phi) is 4.59. The van der Waals surface area contributed by atoms with Gasteiger partial charge in [-0.2, -0.15) is 28.4 Å². The lowest BCUT2D eigenvalue weighted by atomic mass is 10.1. The summed E-state index contributed by atoms with van der Waals surface area (Å²) in [6.07, 6.45) is -5.12. The number of rotatable bonds is 4. The minimum absolute atomic E-state index is 0.0117. The largest absolute Gasteiger partial charge is 0.438 e. The first-order valence-corrected chi connectivity index (χ1v) is 7.24. The molecule has 0 spiro atoms. The molecule has 0 saturated carbocycles. The Morgan fingerprint density at radius 1 is 1.52 bits per heavy atom. The molecule has 0 radical (unpaired) electrons. The Morgan fingerprint density at radius 3 is 2.60 bits per heavy atom. The van der Waals surface area contributed by atoms with Gasteiger partial charge in [-0.25, -0.2) is 0 Å². The summed E-state index contributed by atoms with van der Waals surface area (Å²) in [5.41, 5.74) is -3.30. The van der Waals surface area contributed by atoms with Crippen LogP contribution in [0.25, 0.3) is 0 Å². The second kappa shape index (κ2) is 6.10. The highest BCUT2D eigenvalue weighted by atomic mass is 19.4. The van der Waals surface area contributed by atoms with Crippen molar-refractivity contribution in [2.45, 2.75) is 45.6 Å². The quantitative estimate of drug-likeness (QED) is 0.643. The minimum Gasteiger partial charge on any atom is -0.362 e. The van der Waals surface area contributed by atoms with Gasteiger partial charge in [0.25, 0.3) is 5.72 Å². The summed E-state index contributed by atoms with van der Waals surface area (Å²) < 4.78 is 40.3. The van der Waals surface area contributed by atoms with Gasteiger partial charge in [-0.1, -0.05) is 6.92 Å².